The van der Waals surface area contributed by atoms with Gasteiger partial charge in [0.05, 0.1) is 5.52 Å². The van der Waals surface area contributed by atoms with E-state index in [-0.39, 0.29) is 5.56 Å². The zero-order valence-corrected chi connectivity index (χ0v) is 11.6. The van der Waals surface area contributed by atoms with Crippen molar-refractivity contribution in [1.29, 1.82) is 0 Å². The van der Waals surface area contributed by atoms with Crippen molar-refractivity contribution in [2.24, 2.45) is 0 Å². The summed E-state index contributed by atoms with van der Waals surface area (Å²) in [4.78, 5) is 19.2. The minimum Gasteiger partial charge on any atom is -0.439 e. The minimum absolute atomic E-state index is 0.0990. The molecule has 2 heterocycles. The zero-order valence-electron chi connectivity index (χ0n) is 11.6. The number of nitrogens with zero attached hydrogens (tertiary/aromatic N) is 1. The number of ether oxygens (including phenoxy) is 1. The second kappa shape index (κ2) is 5.00. The molecule has 106 valence electrons. The molecule has 2 aromatic heterocycles. The summed E-state index contributed by atoms with van der Waals surface area (Å²) in [5.41, 5.74) is 0.648. The van der Waals surface area contributed by atoms with Gasteiger partial charge in [-0.05, 0) is 29.7 Å². The second-order valence-corrected chi connectivity index (χ2v) is 4.98. The van der Waals surface area contributed by atoms with Gasteiger partial charge in [0.1, 0.15) is 5.75 Å². The number of hydrogen-bond acceptors (Lipinski definition) is 3. The van der Waals surface area contributed by atoms with Gasteiger partial charge in [-0.1, -0.05) is 24.3 Å². The zero-order chi connectivity index (χ0) is 14.9. The minimum atomic E-state index is -0.0990. The molecule has 4 heteroatoms. The van der Waals surface area contributed by atoms with Crippen molar-refractivity contribution in [2.75, 3.05) is 0 Å². The molecule has 0 fully saturated rings. The molecule has 0 aliphatic carbocycles. The third-order valence-corrected chi connectivity index (χ3v) is 3.56. The van der Waals surface area contributed by atoms with E-state index < -0.39 is 0 Å². The first-order valence-electron chi connectivity index (χ1n) is 6.95. The van der Waals surface area contributed by atoms with E-state index in [2.05, 4.69) is 9.97 Å². The molecule has 0 unspecified atom stereocenters. The average Bonchev–Trinajstić information content (AvgIpc) is 2.56. The molecule has 0 radical (unpaired) electrons. The van der Waals surface area contributed by atoms with Gasteiger partial charge in [0, 0.05) is 29.1 Å². The lowest BCUT2D eigenvalue weighted by Gasteiger charge is -2.07. The quantitative estimate of drug-likeness (QED) is 0.570. The molecule has 0 bridgehead atoms. The number of hydrogen-bond donors (Lipinski definition) is 1. The van der Waals surface area contributed by atoms with Crippen LogP contribution in [0.3, 0.4) is 0 Å². The summed E-state index contributed by atoms with van der Waals surface area (Å²) in [7, 11) is 0. The molecule has 0 aliphatic rings. The fraction of sp³-hybridized carbons (Fsp3) is 0. The van der Waals surface area contributed by atoms with Crippen LogP contribution < -0.4 is 10.3 Å². The normalized spacial score (nSPS) is 10.9. The number of aromatic amines is 1. The molecule has 22 heavy (non-hydrogen) atoms. The summed E-state index contributed by atoms with van der Waals surface area (Å²) in [6.45, 7) is 0. The van der Waals surface area contributed by atoms with Crippen LogP contribution in [0.2, 0.25) is 0 Å². The van der Waals surface area contributed by atoms with Gasteiger partial charge < -0.3 is 9.72 Å². The summed E-state index contributed by atoms with van der Waals surface area (Å²) >= 11 is 0. The number of H-pyrrole nitrogens is 1. The first-order chi connectivity index (χ1) is 10.8. The Kier molecular flexibility index (Phi) is 2.86. The molecular weight excluding hydrogens is 276 g/mol. The van der Waals surface area contributed by atoms with Gasteiger partial charge in [0.2, 0.25) is 5.88 Å². The highest BCUT2D eigenvalue weighted by Gasteiger charge is 2.06. The van der Waals surface area contributed by atoms with Gasteiger partial charge >= 0.3 is 0 Å². The van der Waals surface area contributed by atoms with Crippen LogP contribution in [0.1, 0.15) is 0 Å². The van der Waals surface area contributed by atoms with Crippen molar-refractivity contribution >= 4 is 21.7 Å². The molecule has 0 aliphatic heterocycles. The maximum atomic E-state index is 12.2. The van der Waals surface area contributed by atoms with E-state index in [1.807, 2.05) is 54.6 Å². The van der Waals surface area contributed by atoms with Gasteiger partial charge in [-0.3, -0.25) is 4.79 Å². The Morgan fingerprint density at radius 3 is 2.50 bits per heavy atom. The Morgan fingerprint density at radius 1 is 0.864 bits per heavy atom. The van der Waals surface area contributed by atoms with Crippen LogP contribution in [-0.4, -0.2) is 9.97 Å². The summed E-state index contributed by atoms with van der Waals surface area (Å²) in [6, 6.07) is 18.7. The molecule has 2 aromatic carbocycles. The van der Waals surface area contributed by atoms with Crippen molar-refractivity contribution in [3.05, 3.63) is 77.2 Å². The largest absolute Gasteiger partial charge is 0.439 e. The standard InChI is InChI=1S/C18H12N2O2/c21-18-15-6-2-1-5-13(15)14-9-8-12(11-16(14)20-18)22-17-7-3-4-10-19-17/h1-11H,(H,20,21). The molecule has 0 spiro atoms. The molecule has 0 amide bonds. The summed E-state index contributed by atoms with van der Waals surface area (Å²) in [5.74, 6) is 1.15. The van der Waals surface area contributed by atoms with E-state index in [4.69, 9.17) is 4.74 Å². The summed E-state index contributed by atoms with van der Waals surface area (Å²) < 4.78 is 5.71. The number of pyridine rings is 2. The lowest BCUT2D eigenvalue weighted by molar-refractivity contribution is 0.463. The smallest absolute Gasteiger partial charge is 0.256 e. The van der Waals surface area contributed by atoms with Crippen molar-refractivity contribution in [2.45, 2.75) is 0 Å². The van der Waals surface area contributed by atoms with Crippen LogP contribution in [0.4, 0.5) is 0 Å². The summed E-state index contributed by atoms with van der Waals surface area (Å²) in [6.07, 6.45) is 1.67. The predicted octanol–water partition coefficient (Wildman–Crippen LogP) is 3.87. The molecule has 1 N–H and O–H groups in total. The lowest BCUT2D eigenvalue weighted by Crippen LogP contribution is -2.06. The fourth-order valence-electron chi connectivity index (χ4n) is 2.56. The molecular formula is C18H12N2O2. The van der Waals surface area contributed by atoms with E-state index in [1.54, 1.807) is 12.3 Å². The fourth-order valence-corrected chi connectivity index (χ4v) is 2.56. The number of fused-ring (bicyclic) bond motifs is 3. The van der Waals surface area contributed by atoms with Crippen LogP contribution in [0, 0.1) is 0 Å². The average molecular weight is 288 g/mol. The number of benzene rings is 2. The van der Waals surface area contributed by atoms with E-state index in [0.717, 1.165) is 16.3 Å². The number of nitrogens with one attached hydrogen (secondary N) is 1. The molecule has 4 nitrogen and oxygen atoms in total. The summed E-state index contributed by atoms with van der Waals surface area (Å²) in [5, 5.41) is 2.61. The van der Waals surface area contributed by atoms with Crippen molar-refractivity contribution in [1.82, 2.24) is 9.97 Å². The number of aromatic nitrogens is 2. The molecule has 0 saturated carbocycles. The second-order valence-electron chi connectivity index (χ2n) is 4.98. The van der Waals surface area contributed by atoms with Crippen LogP contribution >= 0.6 is 0 Å². The van der Waals surface area contributed by atoms with Gasteiger partial charge in [0.25, 0.3) is 5.56 Å². The molecule has 0 atom stereocenters. The Labute approximate surface area is 126 Å². The molecule has 4 aromatic rings. The molecule has 4 rings (SSSR count). The third kappa shape index (κ3) is 2.11. The topological polar surface area (TPSA) is 55.0 Å². The maximum absolute atomic E-state index is 12.2. The van der Waals surface area contributed by atoms with Gasteiger partial charge in [0.15, 0.2) is 0 Å². The highest BCUT2D eigenvalue weighted by Crippen LogP contribution is 2.26. The number of rotatable bonds is 2. The van der Waals surface area contributed by atoms with Crippen LogP contribution in [0.25, 0.3) is 21.7 Å². The Balaban J connectivity index is 1.88. The Hall–Kier alpha value is -3.14. The van der Waals surface area contributed by atoms with Crippen LogP contribution in [-0.2, 0) is 0 Å². The van der Waals surface area contributed by atoms with Crippen molar-refractivity contribution in [3.8, 4) is 11.6 Å². The van der Waals surface area contributed by atoms with Crippen LogP contribution in [0.5, 0.6) is 11.6 Å². The highest BCUT2D eigenvalue weighted by molar-refractivity contribution is 6.05. The Morgan fingerprint density at radius 2 is 1.68 bits per heavy atom. The van der Waals surface area contributed by atoms with E-state index in [0.29, 0.717) is 17.0 Å². The predicted molar refractivity (Wildman–Crippen MR) is 86.4 cm³/mol. The van der Waals surface area contributed by atoms with Crippen LogP contribution in [0.15, 0.2) is 71.7 Å². The lowest BCUT2D eigenvalue weighted by atomic mass is 10.1. The maximum Gasteiger partial charge on any atom is 0.256 e. The van der Waals surface area contributed by atoms with E-state index >= 15 is 0 Å². The van der Waals surface area contributed by atoms with E-state index in [9.17, 15) is 4.79 Å². The first kappa shape index (κ1) is 12.6. The van der Waals surface area contributed by atoms with Gasteiger partial charge in [-0.25, -0.2) is 4.98 Å². The first-order valence-corrected chi connectivity index (χ1v) is 6.95. The highest BCUT2D eigenvalue weighted by atomic mass is 16.5. The van der Waals surface area contributed by atoms with Crippen molar-refractivity contribution in [3.63, 3.8) is 0 Å². The van der Waals surface area contributed by atoms with Gasteiger partial charge in [-0.15, -0.1) is 0 Å². The van der Waals surface area contributed by atoms with Crippen molar-refractivity contribution < 1.29 is 4.74 Å². The molecule has 0 saturated heterocycles. The van der Waals surface area contributed by atoms with Gasteiger partial charge in [-0.2, -0.15) is 0 Å². The SMILES string of the molecule is O=c1[nH]c2cc(Oc3ccccn3)ccc2c2ccccc12. The monoisotopic (exact) mass is 288 g/mol. The third-order valence-electron chi connectivity index (χ3n) is 3.56. The van der Waals surface area contributed by atoms with E-state index in [1.165, 1.54) is 0 Å². The Bertz CT molecular complexity index is 1020.